The van der Waals surface area contributed by atoms with Crippen LogP contribution >= 0.6 is 0 Å². The summed E-state index contributed by atoms with van der Waals surface area (Å²) in [7, 11) is 0. The minimum atomic E-state index is 0.323. The molecule has 1 nitrogen and oxygen atoms in total. The third-order valence-corrected chi connectivity index (χ3v) is 3.05. The molecule has 2 atom stereocenters. The van der Waals surface area contributed by atoms with Crippen LogP contribution in [-0.4, -0.2) is 5.78 Å². The van der Waals surface area contributed by atoms with Gasteiger partial charge in [-0.1, -0.05) is 11.6 Å². The highest BCUT2D eigenvalue weighted by atomic mass is 16.1. The van der Waals surface area contributed by atoms with Crippen molar-refractivity contribution in [2.75, 3.05) is 0 Å². The monoisotopic (exact) mass is 150 g/mol. The summed E-state index contributed by atoms with van der Waals surface area (Å²) < 4.78 is 0. The maximum absolute atomic E-state index is 11.4. The second-order valence-corrected chi connectivity index (χ2v) is 3.78. The molecule has 60 valence electrons. The van der Waals surface area contributed by atoms with Crippen molar-refractivity contribution in [3.05, 3.63) is 11.6 Å². The molecule has 0 saturated heterocycles. The molecule has 0 aliphatic heterocycles. The first-order chi connectivity index (χ1) is 5.29. The summed E-state index contributed by atoms with van der Waals surface area (Å²) in [5.74, 6) is 1.49. The lowest BCUT2D eigenvalue weighted by molar-refractivity contribution is -0.124. The van der Waals surface area contributed by atoms with Gasteiger partial charge >= 0.3 is 0 Å². The first-order valence-corrected chi connectivity index (χ1v) is 4.48. The van der Waals surface area contributed by atoms with Crippen LogP contribution in [0.5, 0.6) is 0 Å². The van der Waals surface area contributed by atoms with E-state index in [-0.39, 0.29) is 0 Å². The van der Waals surface area contributed by atoms with Crippen LogP contribution in [-0.2, 0) is 4.79 Å². The highest BCUT2D eigenvalue weighted by Gasteiger charge is 2.35. The molecule has 0 heterocycles. The van der Waals surface area contributed by atoms with Crippen molar-refractivity contribution >= 4 is 5.78 Å². The van der Waals surface area contributed by atoms with Crippen LogP contribution in [0.1, 0.15) is 32.6 Å². The molecule has 0 aromatic rings. The van der Waals surface area contributed by atoms with Gasteiger partial charge in [0.2, 0.25) is 0 Å². The van der Waals surface area contributed by atoms with E-state index in [0.717, 1.165) is 19.3 Å². The van der Waals surface area contributed by atoms with Gasteiger partial charge in [-0.25, -0.2) is 0 Å². The number of carbonyl (C=O) groups is 1. The van der Waals surface area contributed by atoms with Crippen molar-refractivity contribution in [3.63, 3.8) is 0 Å². The summed E-state index contributed by atoms with van der Waals surface area (Å²) >= 11 is 0. The van der Waals surface area contributed by atoms with Crippen molar-refractivity contribution in [2.24, 2.45) is 11.8 Å². The van der Waals surface area contributed by atoms with Gasteiger partial charge in [-0.15, -0.1) is 0 Å². The second-order valence-electron chi connectivity index (χ2n) is 3.78. The van der Waals surface area contributed by atoms with Gasteiger partial charge < -0.3 is 0 Å². The lowest BCUT2D eigenvalue weighted by Gasteiger charge is -2.25. The minimum Gasteiger partial charge on any atom is -0.299 e. The number of rotatable bonds is 0. The zero-order chi connectivity index (χ0) is 7.84. The molecule has 2 aliphatic rings. The molecule has 2 rings (SSSR count). The van der Waals surface area contributed by atoms with Gasteiger partial charge in [-0.2, -0.15) is 0 Å². The molecule has 0 bridgehead atoms. The number of allylic oxidation sites excluding steroid dienone is 2. The Hall–Kier alpha value is -0.590. The van der Waals surface area contributed by atoms with E-state index in [4.69, 9.17) is 0 Å². The number of fused-ring (bicyclic) bond motifs is 1. The topological polar surface area (TPSA) is 17.1 Å². The molecule has 0 aromatic carbocycles. The fraction of sp³-hybridized carbons (Fsp3) is 0.700. The maximum Gasteiger partial charge on any atom is 0.140 e. The van der Waals surface area contributed by atoms with Crippen molar-refractivity contribution in [3.8, 4) is 0 Å². The van der Waals surface area contributed by atoms with Crippen LogP contribution in [0, 0.1) is 11.8 Å². The molecule has 2 aliphatic carbocycles. The first kappa shape index (κ1) is 7.08. The molecule has 0 unspecified atom stereocenters. The van der Waals surface area contributed by atoms with E-state index in [2.05, 4.69) is 13.0 Å². The summed E-state index contributed by atoms with van der Waals surface area (Å²) in [6.07, 6.45) is 6.62. The fourth-order valence-electron chi connectivity index (χ4n) is 2.47. The number of hydrogen-bond donors (Lipinski definition) is 0. The molecule has 1 fully saturated rings. The predicted molar refractivity (Wildman–Crippen MR) is 44.2 cm³/mol. The third kappa shape index (κ3) is 1.03. The first-order valence-electron chi connectivity index (χ1n) is 4.48. The molecule has 0 aromatic heterocycles. The molecule has 0 radical (unpaired) electrons. The van der Waals surface area contributed by atoms with Gasteiger partial charge in [0.25, 0.3) is 0 Å². The quantitative estimate of drug-likeness (QED) is 0.484. The van der Waals surface area contributed by atoms with Crippen molar-refractivity contribution in [1.29, 1.82) is 0 Å². The van der Waals surface area contributed by atoms with E-state index in [1.807, 2.05) is 0 Å². The number of carbonyl (C=O) groups excluding carboxylic acids is 1. The van der Waals surface area contributed by atoms with Gasteiger partial charge in [0.05, 0.1) is 0 Å². The van der Waals surface area contributed by atoms with E-state index < -0.39 is 0 Å². The Bertz CT molecular complexity index is 215. The van der Waals surface area contributed by atoms with Crippen molar-refractivity contribution < 1.29 is 4.79 Å². The summed E-state index contributed by atoms with van der Waals surface area (Å²) in [6.45, 7) is 2.11. The largest absolute Gasteiger partial charge is 0.299 e. The average Bonchev–Trinajstić information content (AvgIpc) is 2.34. The second kappa shape index (κ2) is 2.47. The van der Waals surface area contributed by atoms with E-state index in [9.17, 15) is 4.79 Å². The van der Waals surface area contributed by atoms with Crippen LogP contribution in [0.15, 0.2) is 11.6 Å². The molecule has 11 heavy (non-hydrogen) atoms. The van der Waals surface area contributed by atoms with E-state index >= 15 is 0 Å². The Morgan fingerprint density at radius 1 is 1.55 bits per heavy atom. The maximum atomic E-state index is 11.4. The molecule has 0 N–H and O–H groups in total. The van der Waals surface area contributed by atoms with Crippen molar-refractivity contribution in [2.45, 2.75) is 32.6 Å². The summed E-state index contributed by atoms with van der Waals surface area (Å²) in [4.78, 5) is 11.4. The lowest BCUT2D eigenvalue weighted by Crippen LogP contribution is -2.25. The van der Waals surface area contributed by atoms with Gasteiger partial charge in [0.15, 0.2) is 0 Å². The fourth-order valence-corrected chi connectivity index (χ4v) is 2.47. The highest BCUT2D eigenvalue weighted by Crippen LogP contribution is 2.39. The molecule has 0 spiro atoms. The van der Waals surface area contributed by atoms with Crippen LogP contribution in [0.2, 0.25) is 0 Å². The third-order valence-electron chi connectivity index (χ3n) is 3.05. The van der Waals surface area contributed by atoms with Crippen molar-refractivity contribution in [1.82, 2.24) is 0 Å². The molecule has 1 heteroatoms. The lowest BCUT2D eigenvalue weighted by atomic mass is 9.78. The van der Waals surface area contributed by atoms with Crippen LogP contribution < -0.4 is 0 Å². The van der Waals surface area contributed by atoms with E-state index in [1.165, 1.54) is 12.0 Å². The zero-order valence-electron chi connectivity index (χ0n) is 6.97. The molecule has 0 amide bonds. The van der Waals surface area contributed by atoms with Crippen LogP contribution in [0.3, 0.4) is 0 Å². The standard InChI is InChI=1S/C10H14O/c1-7-5-6-8-3-2-4-9(11)10(7)8/h5,8,10H,2-4,6H2,1H3/t8-,10+/m0/s1. The van der Waals surface area contributed by atoms with Crippen LogP contribution in [0.25, 0.3) is 0 Å². The Balaban J connectivity index is 2.21. The minimum absolute atomic E-state index is 0.323. The molecular formula is C10H14O. The van der Waals surface area contributed by atoms with Gasteiger partial charge in [-0.05, 0) is 32.1 Å². The van der Waals surface area contributed by atoms with Crippen LogP contribution in [0.4, 0.5) is 0 Å². The highest BCUT2D eigenvalue weighted by molar-refractivity contribution is 5.85. The summed E-state index contributed by atoms with van der Waals surface area (Å²) in [5.41, 5.74) is 1.33. The Morgan fingerprint density at radius 2 is 2.36 bits per heavy atom. The SMILES string of the molecule is CC1=CC[C@@H]2CCCC(=O)[C@H]12. The average molecular weight is 150 g/mol. The number of Topliss-reactive ketones (excluding diaryl/α,β-unsaturated/α-hetero) is 1. The number of ketones is 1. The van der Waals surface area contributed by atoms with E-state index in [1.54, 1.807) is 0 Å². The zero-order valence-corrected chi connectivity index (χ0v) is 6.97. The van der Waals surface area contributed by atoms with Gasteiger partial charge in [0, 0.05) is 12.3 Å². The predicted octanol–water partition coefficient (Wildman–Crippen LogP) is 2.32. The molecular weight excluding hydrogens is 136 g/mol. The summed E-state index contributed by atoms with van der Waals surface area (Å²) in [5, 5.41) is 0. The van der Waals surface area contributed by atoms with E-state index in [0.29, 0.717) is 17.6 Å². The normalized spacial score (nSPS) is 36.8. The number of hydrogen-bond acceptors (Lipinski definition) is 1. The Labute approximate surface area is 67.5 Å². The summed E-state index contributed by atoms with van der Waals surface area (Å²) in [6, 6.07) is 0. The van der Waals surface area contributed by atoms with Gasteiger partial charge in [0.1, 0.15) is 5.78 Å². The Morgan fingerprint density at radius 3 is 3.09 bits per heavy atom. The smallest absolute Gasteiger partial charge is 0.140 e. The van der Waals surface area contributed by atoms with Gasteiger partial charge in [-0.3, -0.25) is 4.79 Å². The Kier molecular flexibility index (Phi) is 1.59. The molecule has 1 saturated carbocycles.